The summed E-state index contributed by atoms with van der Waals surface area (Å²) in [7, 11) is 0. The van der Waals surface area contributed by atoms with Crippen molar-refractivity contribution in [1.29, 1.82) is 0 Å². The van der Waals surface area contributed by atoms with Crippen LogP contribution in [0.5, 0.6) is 0 Å². The van der Waals surface area contributed by atoms with Gasteiger partial charge >= 0.3 is 0 Å². The molecular weight excluding hydrogens is 422 g/mol. The summed E-state index contributed by atoms with van der Waals surface area (Å²) in [6.07, 6.45) is 9.00. The first-order chi connectivity index (χ1) is 16.5. The number of hydrogen-bond acceptors (Lipinski definition) is 4. The number of nitrogens with one attached hydrogen (secondary N) is 2. The number of fused-ring (bicyclic) bond motifs is 2. The van der Waals surface area contributed by atoms with E-state index >= 15 is 0 Å². The predicted molar refractivity (Wildman–Crippen MR) is 137 cm³/mol. The van der Waals surface area contributed by atoms with Crippen molar-refractivity contribution < 1.29 is 4.74 Å². The van der Waals surface area contributed by atoms with E-state index in [9.17, 15) is 0 Å². The molecule has 0 bridgehead atoms. The van der Waals surface area contributed by atoms with Crippen LogP contribution in [0.1, 0.15) is 73.6 Å². The largest absolute Gasteiger partial charge is 0.378 e. The average Bonchev–Trinajstić information content (AvgIpc) is 3.43. The molecular formula is C28H35N5O. The molecule has 34 heavy (non-hydrogen) atoms. The van der Waals surface area contributed by atoms with Gasteiger partial charge in [0, 0.05) is 28.7 Å². The molecule has 1 aliphatic carbocycles. The highest BCUT2D eigenvalue weighted by molar-refractivity contribution is 5.92. The number of nitrogens with zero attached hydrogens (tertiary/aromatic N) is 3. The first-order valence-corrected chi connectivity index (χ1v) is 12.8. The number of aromatic nitrogens is 4. The fourth-order valence-corrected chi connectivity index (χ4v) is 6.02. The lowest BCUT2D eigenvalue weighted by Crippen LogP contribution is -2.51. The zero-order valence-electron chi connectivity index (χ0n) is 20.7. The molecule has 2 aliphatic rings. The Morgan fingerprint density at radius 3 is 2.56 bits per heavy atom. The normalized spacial score (nSPS) is 21.6. The predicted octanol–water partition coefficient (Wildman–Crippen LogP) is 5.63. The molecule has 2 N–H and O–H groups in total. The molecule has 0 radical (unpaired) electrons. The van der Waals surface area contributed by atoms with Gasteiger partial charge in [-0.05, 0) is 85.8 Å². The number of rotatable bonds is 5. The minimum absolute atomic E-state index is 0.417. The molecule has 6 heteroatoms. The number of H-pyrrole nitrogens is 1. The Morgan fingerprint density at radius 2 is 1.85 bits per heavy atom. The second kappa shape index (κ2) is 8.51. The summed E-state index contributed by atoms with van der Waals surface area (Å²) < 4.78 is 7.37. The molecule has 6 nitrogen and oxygen atoms in total. The van der Waals surface area contributed by atoms with Gasteiger partial charge in [-0.2, -0.15) is 0 Å². The van der Waals surface area contributed by atoms with E-state index in [1.807, 2.05) is 4.40 Å². The molecule has 1 aromatic carbocycles. The maximum atomic E-state index is 5.33. The summed E-state index contributed by atoms with van der Waals surface area (Å²) in [5.41, 5.74) is 9.97. The highest BCUT2D eigenvalue weighted by Crippen LogP contribution is 2.40. The molecule has 0 amide bonds. The third-order valence-electron chi connectivity index (χ3n) is 8.16. The quantitative estimate of drug-likeness (QED) is 0.407. The summed E-state index contributed by atoms with van der Waals surface area (Å²) in [6.45, 7) is 10.7. The first kappa shape index (κ1) is 21.8. The second-order valence-electron chi connectivity index (χ2n) is 10.7. The molecule has 4 heterocycles. The van der Waals surface area contributed by atoms with Gasteiger partial charge in [0.15, 0.2) is 5.65 Å². The van der Waals surface area contributed by atoms with E-state index in [4.69, 9.17) is 4.74 Å². The van der Waals surface area contributed by atoms with E-state index in [0.29, 0.717) is 23.9 Å². The van der Waals surface area contributed by atoms with Crippen LogP contribution in [0, 0.1) is 13.8 Å². The van der Waals surface area contributed by atoms with Crippen LogP contribution in [-0.2, 0) is 4.74 Å². The average molecular weight is 458 g/mol. The van der Waals surface area contributed by atoms with E-state index in [1.54, 1.807) is 6.33 Å². The van der Waals surface area contributed by atoms with Gasteiger partial charge in [0.2, 0.25) is 0 Å². The standard InChI is InChI=1S/C28H35N5O/c1-16(2)26-23-11-20(19-5-8-21(9-6-19)30-22-13-34-14-22)7-10-25(23)31-27(26)24-12-33-15-29-32-28(33)18(4)17(24)3/h7,10-12,15-16,19,21-22,30-31H,5-6,8-9,13-14H2,1-4H3. The highest BCUT2D eigenvalue weighted by Gasteiger charge is 2.27. The fourth-order valence-electron chi connectivity index (χ4n) is 6.02. The molecule has 4 aromatic rings. The van der Waals surface area contributed by atoms with E-state index in [0.717, 1.165) is 18.9 Å². The first-order valence-electron chi connectivity index (χ1n) is 12.8. The van der Waals surface area contributed by atoms with Gasteiger partial charge in [-0.1, -0.05) is 19.9 Å². The van der Waals surface area contributed by atoms with Crippen molar-refractivity contribution >= 4 is 16.6 Å². The van der Waals surface area contributed by atoms with Gasteiger partial charge in [-0.15, -0.1) is 10.2 Å². The summed E-state index contributed by atoms with van der Waals surface area (Å²) >= 11 is 0. The van der Waals surface area contributed by atoms with Crippen LogP contribution >= 0.6 is 0 Å². The van der Waals surface area contributed by atoms with E-state index < -0.39 is 0 Å². The van der Waals surface area contributed by atoms with Crippen LogP contribution in [0.15, 0.2) is 30.7 Å². The van der Waals surface area contributed by atoms with Crippen LogP contribution in [0.3, 0.4) is 0 Å². The Hall–Kier alpha value is -2.70. The zero-order valence-corrected chi connectivity index (χ0v) is 20.7. The Kier molecular flexibility index (Phi) is 5.46. The maximum absolute atomic E-state index is 5.33. The van der Waals surface area contributed by atoms with E-state index in [2.05, 4.69) is 72.6 Å². The molecule has 1 saturated heterocycles. The van der Waals surface area contributed by atoms with Crippen LogP contribution in [0.2, 0.25) is 0 Å². The summed E-state index contributed by atoms with van der Waals surface area (Å²) in [6, 6.07) is 8.36. The second-order valence-corrected chi connectivity index (χ2v) is 10.7. The lowest BCUT2D eigenvalue weighted by molar-refractivity contribution is -0.0121. The SMILES string of the molecule is Cc1c(-c2[nH]c3ccc(C4CCC(NC5COC5)CC4)cc3c2C(C)C)cn2cnnc2c1C. The number of hydrogen-bond donors (Lipinski definition) is 2. The van der Waals surface area contributed by atoms with Crippen molar-refractivity contribution in [2.24, 2.45) is 0 Å². The summed E-state index contributed by atoms with van der Waals surface area (Å²) in [5.74, 6) is 1.07. The van der Waals surface area contributed by atoms with Crippen molar-refractivity contribution in [1.82, 2.24) is 24.9 Å². The van der Waals surface area contributed by atoms with Crippen LogP contribution < -0.4 is 5.32 Å². The monoisotopic (exact) mass is 457 g/mol. The Bertz CT molecular complexity index is 1340. The minimum atomic E-state index is 0.417. The summed E-state index contributed by atoms with van der Waals surface area (Å²) in [4.78, 5) is 3.78. The lowest BCUT2D eigenvalue weighted by Gasteiger charge is -2.35. The van der Waals surface area contributed by atoms with Crippen LogP contribution in [0.25, 0.3) is 27.8 Å². The Labute approximate surface area is 201 Å². The topological polar surface area (TPSA) is 67.2 Å². The van der Waals surface area contributed by atoms with Gasteiger partial charge in [-0.25, -0.2) is 0 Å². The Morgan fingerprint density at radius 1 is 1.06 bits per heavy atom. The van der Waals surface area contributed by atoms with Crippen molar-refractivity contribution in [3.8, 4) is 11.3 Å². The third kappa shape index (κ3) is 3.64. The molecule has 0 spiro atoms. The molecule has 3 aromatic heterocycles. The Balaban J connectivity index is 1.35. The number of aryl methyl sites for hydroxylation is 1. The highest BCUT2D eigenvalue weighted by atomic mass is 16.5. The number of benzene rings is 1. The van der Waals surface area contributed by atoms with Crippen LogP contribution in [-0.4, -0.2) is 44.9 Å². The van der Waals surface area contributed by atoms with Gasteiger partial charge in [0.05, 0.1) is 24.9 Å². The van der Waals surface area contributed by atoms with Crippen molar-refractivity contribution in [2.75, 3.05) is 13.2 Å². The maximum Gasteiger partial charge on any atom is 0.163 e. The molecule has 6 rings (SSSR count). The van der Waals surface area contributed by atoms with Gasteiger partial charge in [0.25, 0.3) is 0 Å². The molecule has 0 atom stereocenters. The van der Waals surface area contributed by atoms with Crippen molar-refractivity contribution in [2.45, 2.75) is 77.3 Å². The lowest BCUT2D eigenvalue weighted by atomic mass is 9.81. The van der Waals surface area contributed by atoms with E-state index in [1.165, 1.54) is 70.1 Å². The van der Waals surface area contributed by atoms with Crippen molar-refractivity contribution in [3.63, 3.8) is 0 Å². The zero-order chi connectivity index (χ0) is 23.4. The molecule has 0 unspecified atom stereocenters. The number of aromatic amines is 1. The van der Waals surface area contributed by atoms with Crippen molar-refractivity contribution in [3.05, 3.63) is 53.0 Å². The van der Waals surface area contributed by atoms with Gasteiger partial charge in [0.1, 0.15) is 6.33 Å². The molecule has 1 aliphatic heterocycles. The molecule has 178 valence electrons. The van der Waals surface area contributed by atoms with Crippen LogP contribution in [0.4, 0.5) is 0 Å². The van der Waals surface area contributed by atoms with Gasteiger partial charge < -0.3 is 15.0 Å². The van der Waals surface area contributed by atoms with E-state index in [-0.39, 0.29) is 0 Å². The fraction of sp³-hybridized carbons (Fsp3) is 0.500. The smallest absolute Gasteiger partial charge is 0.163 e. The summed E-state index contributed by atoms with van der Waals surface area (Å²) in [5, 5.41) is 13.6. The minimum Gasteiger partial charge on any atom is -0.378 e. The van der Waals surface area contributed by atoms with Gasteiger partial charge in [-0.3, -0.25) is 4.40 Å². The number of pyridine rings is 1. The molecule has 2 fully saturated rings. The molecule has 1 saturated carbocycles. The third-order valence-corrected chi connectivity index (χ3v) is 8.16. The number of ether oxygens (including phenoxy) is 1.